The third-order valence-electron chi connectivity index (χ3n) is 2.50. The van der Waals surface area contributed by atoms with Gasteiger partial charge in [0.2, 0.25) is 5.09 Å². The molecule has 0 bridgehead atoms. The fourth-order valence-electron chi connectivity index (χ4n) is 1.55. The van der Waals surface area contributed by atoms with Crippen molar-refractivity contribution >= 4 is 10.0 Å². The summed E-state index contributed by atoms with van der Waals surface area (Å²) in [5.41, 5.74) is 0. The maximum Gasteiger partial charge on any atom is 0.274 e. The summed E-state index contributed by atoms with van der Waals surface area (Å²) in [5.74, 6) is 1.14. The predicted molar refractivity (Wildman–Crippen MR) is 76.9 cm³/mol. The number of furan rings is 1. The Hall–Kier alpha value is -0.890. The molecule has 0 atom stereocenters. The third-order valence-corrected chi connectivity index (χ3v) is 3.83. The van der Waals surface area contributed by atoms with Gasteiger partial charge >= 0.3 is 0 Å². The molecule has 0 saturated carbocycles. The van der Waals surface area contributed by atoms with E-state index in [2.05, 4.69) is 23.9 Å². The lowest BCUT2D eigenvalue weighted by Crippen LogP contribution is -2.27. The summed E-state index contributed by atoms with van der Waals surface area (Å²) in [6, 6.07) is 3.14. The Kier molecular flexibility index (Phi) is 7.22. The lowest BCUT2D eigenvalue weighted by molar-refractivity contribution is 0.153. The highest BCUT2D eigenvalue weighted by molar-refractivity contribution is 7.89. The van der Waals surface area contributed by atoms with Gasteiger partial charge in [-0.1, -0.05) is 13.8 Å². The number of rotatable bonds is 10. The highest BCUT2D eigenvalue weighted by atomic mass is 32.2. The smallest absolute Gasteiger partial charge is 0.274 e. The van der Waals surface area contributed by atoms with Crippen LogP contribution in [-0.4, -0.2) is 34.7 Å². The summed E-state index contributed by atoms with van der Waals surface area (Å²) >= 11 is 0. The molecule has 0 spiro atoms. The minimum atomic E-state index is -3.59. The molecule has 0 unspecified atom stereocenters. The predicted octanol–water partition coefficient (Wildman–Crippen LogP) is 1.34. The van der Waals surface area contributed by atoms with Crippen molar-refractivity contribution in [2.45, 2.75) is 32.4 Å². The molecule has 0 radical (unpaired) electrons. The first-order valence-corrected chi connectivity index (χ1v) is 8.31. The molecule has 0 saturated heterocycles. The third kappa shape index (κ3) is 6.04. The van der Waals surface area contributed by atoms with E-state index in [0.29, 0.717) is 31.4 Å². The molecular formula is C13H24N2O4S. The van der Waals surface area contributed by atoms with Gasteiger partial charge < -0.3 is 14.5 Å². The van der Waals surface area contributed by atoms with Crippen LogP contribution in [0.15, 0.2) is 21.6 Å². The number of nitrogens with one attached hydrogen (secondary N) is 2. The molecule has 0 aliphatic carbocycles. The average Bonchev–Trinajstić information content (AvgIpc) is 2.84. The Morgan fingerprint density at radius 1 is 1.35 bits per heavy atom. The van der Waals surface area contributed by atoms with E-state index in [1.165, 1.54) is 6.07 Å². The van der Waals surface area contributed by atoms with Gasteiger partial charge in [-0.3, -0.25) is 0 Å². The Morgan fingerprint density at radius 3 is 2.75 bits per heavy atom. The van der Waals surface area contributed by atoms with Gasteiger partial charge in [-0.05, 0) is 31.5 Å². The Morgan fingerprint density at radius 2 is 2.10 bits per heavy atom. The highest BCUT2D eigenvalue weighted by Crippen LogP contribution is 2.13. The Labute approximate surface area is 120 Å². The van der Waals surface area contributed by atoms with Crippen LogP contribution in [0.3, 0.4) is 0 Å². The van der Waals surface area contributed by atoms with E-state index >= 15 is 0 Å². The molecule has 0 aromatic carbocycles. The van der Waals surface area contributed by atoms with Crippen LogP contribution in [0.4, 0.5) is 0 Å². The maximum absolute atomic E-state index is 11.9. The van der Waals surface area contributed by atoms with E-state index in [4.69, 9.17) is 9.15 Å². The summed E-state index contributed by atoms with van der Waals surface area (Å²) in [6.07, 6.45) is 0. The first-order chi connectivity index (χ1) is 9.45. The normalized spacial score (nSPS) is 12.2. The van der Waals surface area contributed by atoms with Crippen LogP contribution >= 0.6 is 0 Å². The van der Waals surface area contributed by atoms with Gasteiger partial charge in [-0.15, -0.1) is 0 Å². The monoisotopic (exact) mass is 304 g/mol. The van der Waals surface area contributed by atoms with Gasteiger partial charge in [0.05, 0.1) is 13.2 Å². The lowest BCUT2D eigenvalue weighted by Gasteiger charge is -2.06. The molecule has 116 valence electrons. The van der Waals surface area contributed by atoms with Crippen molar-refractivity contribution in [3.8, 4) is 0 Å². The van der Waals surface area contributed by atoms with Gasteiger partial charge in [0, 0.05) is 13.2 Å². The van der Waals surface area contributed by atoms with Crippen molar-refractivity contribution < 1.29 is 17.6 Å². The minimum Gasteiger partial charge on any atom is -0.447 e. The molecule has 1 aromatic heterocycles. The zero-order valence-corrected chi connectivity index (χ0v) is 13.1. The van der Waals surface area contributed by atoms with E-state index in [-0.39, 0.29) is 11.6 Å². The van der Waals surface area contributed by atoms with Gasteiger partial charge in [-0.25, -0.2) is 13.1 Å². The Bertz CT molecular complexity index is 482. The molecule has 7 heteroatoms. The summed E-state index contributed by atoms with van der Waals surface area (Å²) in [6.45, 7) is 8.59. The standard InChI is InChI=1S/C13H24N2O4S/c1-4-18-8-7-15-20(16,17)13-6-5-12(19-13)10-14-9-11(2)3/h5-6,11,14-15H,4,7-10H2,1-3H3. The molecule has 0 amide bonds. The number of hydrogen-bond acceptors (Lipinski definition) is 5. The fraction of sp³-hybridized carbons (Fsp3) is 0.692. The SMILES string of the molecule is CCOCCNS(=O)(=O)c1ccc(CNCC(C)C)o1. The molecule has 0 aliphatic heterocycles. The van der Waals surface area contributed by atoms with Gasteiger partial charge in [0.25, 0.3) is 10.0 Å². The van der Waals surface area contributed by atoms with Crippen molar-refractivity contribution in [2.24, 2.45) is 5.92 Å². The van der Waals surface area contributed by atoms with Crippen molar-refractivity contribution in [3.63, 3.8) is 0 Å². The van der Waals surface area contributed by atoms with E-state index < -0.39 is 10.0 Å². The minimum absolute atomic E-state index is 0.0599. The van der Waals surface area contributed by atoms with Crippen molar-refractivity contribution in [1.29, 1.82) is 0 Å². The first kappa shape index (κ1) is 17.2. The summed E-state index contributed by atoms with van der Waals surface area (Å²) < 4.78 is 36.7. The molecule has 1 heterocycles. The lowest BCUT2D eigenvalue weighted by atomic mass is 10.2. The molecule has 0 fully saturated rings. The van der Waals surface area contributed by atoms with Crippen LogP contribution in [0.1, 0.15) is 26.5 Å². The second-order valence-electron chi connectivity index (χ2n) is 4.84. The largest absolute Gasteiger partial charge is 0.447 e. The molecule has 6 nitrogen and oxygen atoms in total. The zero-order valence-electron chi connectivity index (χ0n) is 12.3. The summed E-state index contributed by atoms with van der Waals surface area (Å²) in [5, 5.41) is 3.14. The van der Waals surface area contributed by atoms with E-state index in [0.717, 1.165) is 6.54 Å². The average molecular weight is 304 g/mol. The van der Waals surface area contributed by atoms with E-state index in [9.17, 15) is 8.42 Å². The number of ether oxygens (including phenoxy) is 1. The topological polar surface area (TPSA) is 80.6 Å². The Balaban J connectivity index is 2.48. The molecule has 1 rings (SSSR count). The van der Waals surface area contributed by atoms with Crippen LogP contribution < -0.4 is 10.0 Å². The summed E-state index contributed by atoms with van der Waals surface area (Å²) in [4.78, 5) is 0. The molecule has 0 aliphatic rings. The zero-order chi connectivity index (χ0) is 15.0. The molecule has 20 heavy (non-hydrogen) atoms. The van der Waals surface area contributed by atoms with Crippen molar-refractivity contribution in [2.75, 3.05) is 26.3 Å². The second-order valence-corrected chi connectivity index (χ2v) is 6.54. The highest BCUT2D eigenvalue weighted by Gasteiger charge is 2.18. The van der Waals surface area contributed by atoms with Crippen LogP contribution in [0, 0.1) is 5.92 Å². The quantitative estimate of drug-likeness (QED) is 0.638. The molecule has 1 aromatic rings. The van der Waals surface area contributed by atoms with Crippen LogP contribution in [-0.2, 0) is 21.3 Å². The molecular weight excluding hydrogens is 280 g/mol. The van der Waals surface area contributed by atoms with Crippen LogP contribution in [0.2, 0.25) is 0 Å². The fourth-order valence-corrected chi connectivity index (χ4v) is 2.50. The van der Waals surface area contributed by atoms with Crippen molar-refractivity contribution in [3.05, 3.63) is 17.9 Å². The van der Waals surface area contributed by atoms with Crippen LogP contribution in [0.5, 0.6) is 0 Å². The van der Waals surface area contributed by atoms with Gasteiger partial charge in [-0.2, -0.15) is 0 Å². The van der Waals surface area contributed by atoms with Gasteiger partial charge in [0.1, 0.15) is 5.76 Å². The van der Waals surface area contributed by atoms with Crippen molar-refractivity contribution in [1.82, 2.24) is 10.0 Å². The van der Waals surface area contributed by atoms with Gasteiger partial charge in [0.15, 0.2) is 0 Å². The summed E-state index contributed by atoms with van der Waals surface area (Å²) in [7, 11) is -3.59. The van der Waals surface area contributed by atoms with Crippen LogP contribution in [0.25, 0.3) is 0 Å². The maximum atomic E-state index is 11.9. The molecule has 2 N–H and O–H groups in total. The second kappa shape index (κ2) is 8.41. The number of sulfonamides is 1. The van der Waals surface area contributed by atoms with E-state index in [1.54, 1.807) is 6.07 Å². The number of hydrogen-bond donors (Lipinski definition) is 2. The van der Waals surface area contributed by atoms with E-state index in [1.807, 2.05) is 6.92 Å². The first-order valence-electron chi connectivity index (χ1n) is 6.82.